The van der Waals surface area contributed by atoms with Crippen molar-refractivity contribution in [2.75, 3.05) is 13.2 Å². The third kappa shape index (κ3) is 39.5. The summed E-state index contributed by atoms with van der Waals surface area (Å²) in [4.78, 5) is 37.5. The zero-order valence-electron chi connectivity index (χ0n) is 34.4. The van der Waals surface area contributed by atoms with Gasteiger partial charge in [-0.2, -0.15) is 0 Å². The predicted molar refractivity (Wildman–Crippen MR) is 215 cm³/mol. The lowest BCUT2D eigenvalue weighted by molar-refractivity contribution is -0.167. The highest BCUT2D eigenvalue weighted by atomic mass is 16.6. The smallest absolute Gasteiger partial charge is 0.306 e. The molecule has 1 atom stereocenters. The summed E-state index contributed by atoms with van der Waals surface area (Å²) in [5.74, 6) is -0.862. The lowest BCUT2D eigenvalue weighted by Gasteiger charge is -2.18. The molecule has 6 nitrogen and oxygen atoms in total. The van der Waals surface area contributed by atoms with Crippen LogP contribution in [0.1, 0.15) is 252 Å². The molecule has 0 saturated heterocycles. The van der Waals surface area contributed by atoms with Crippen LogP contribution in [0.4, 0.5) is 0 Å². The fraction of sp³-hybridized carbons (Fsp3) is 0.933. The van der Waals surface area contributed by atoms with Crippen LogP contribution in [-0.2, 0) is 28.6 Å². The first-order chi connectivity index (χ1) is 25.0. The van der Waals surface area contributed by atoms with Gasteiger partial charge < -0.3 is 14.2 Å². The van der Waals surface area contributed by atoms with Gasteiger partial charge in [0.2, 0.25) is 0 Å². The molecule has 0 spiro atoms. The molecule has 0 radical (unpaired) electrons. The van der Waals surface area contributed by atoms with Crippen molar-refractivity contribution in [3.05, 3.63) is 0 Å². The average Bonchev–Trinajstić information content (AvgIpc) is 3.12. The van der Waals surface area contributed by atoms with E-state index < -0.39 is 6.10 Å². The number of hydrogen-bond donors (Lipinski definition) is 0. The monoisotopic (exact) mass is 723 g/mol. The SMILES string of the molecule is CCCCCCCCCCCCCCCCCCCC(=O)O[C@@H](COC(=O)CCCCCCCCC)COC(=O)CCCCCCCCCCC. The van der Waals surface area contributed by atoms with Crippen molar-refractivity contribution in [1.82, 2.24) is 0 Å². The van der Waals surface area contributed by atoms with E-state index in [1.54, 1.807) is 0 Å². The quantitative estimate of drug-likeness (QED) is 0.0355. The van der Waals surface area contributed by atoms with Crippen LogP contribution in [0.25, 0.3) is 0 Å². The molecule has 302 valence electrons. The van der Waals surface area contributed by atoms with E-state index in [1.807, 2.05) is 0 Å². The van der Waals surface area contributed by atoms with E-state index in [9.17, 15) is 14.4 Å². The van der Waals surface area contributed by atoms with Crippen LogP contribution < -0.4 is 0 Å². The van der Waals surface area contributed by atoms with Crippen molar-refractivity contribution in [2.45, 2.75) is 258 Å². The molecule has 6 heteroatoms. The predicted octanol–water partition coefficient (Wildman–Crippen LogP) is 14.1. The van der Waals surface area contributed by atoms with Gasteiger partial charge in [-0.1, -0.05) is 213 Å². The number of unbranched alkanes of at least 4 members (excludes halogenated alkanes) is 30. The van der Waals surface area contributed by atoms with E-state index in [2.05, 4.69) is 20.8 Å². The van der Waals surface area contributed by atoms with Crippen molar-refractivity contribution in [2.24, 2.45) is 0 Å². The highest BCUT2D eigenvalue weighted by Crippen LogP contribution is 2.16. The Hall–Kier alpha value is -1.59. The molecule has 51 heavy (non-hydrogen) atoms. The molecule has 0 saturated carbocycles. The van der Waals surface area contributed by atoms with Gasteiger partial charge in [-0.15, -0.1) is 0 Å². The van der Waals surface area contributed by atoms with Crippen LogP contribution in [0.2, 0.25) is 0 Å². The minimum atomic E-state index is -0.756. The summed E-state index contributed by atoms with van der Waals surface area (Å²) in [5.41, 5.74) is 0. The highest BCUT2D eigenvalue weighted by molar-refractivity contribution is 5.71. The Labute approximate surface area is 317 Å². The molecule has 0 amide bonds. The maximum absolute atomic E-state index is 12.7. The Bertz CT molecular complexity index is 753. The largest absolute Gasteiger partial charge is 0.462 e. The zero-order valence-corrected chi connectivity index (χ0v) is 34.4. The van der Waals surface area contributed by atoms with Crippen molar-refractivity contribution in [1.29, 1.82) is 0 Å². The Kier molecular flexibility index (Phi) is 39.9. The van der Waals surface area contributed by atoms with Gasteiger partial charge in [0, 0.05) is 19.3 Å². The van der Waals surface area contributed by atoms with Gasteiger partial charge in [0.25, 0.3) is 0 Å². The molecule has 0 aliphatic carbocycles. The average molecular weight is 723 g/mol. The molecule has 0 heterocycles. The van der Waals surface area contributed by atoms with Gasteiger partial charge >= 0.3 is 17.9 Å². The molecule has 0 rings (SSSR count). The van der Waals surface area contributed by atoms with Gasteiger partial charge in [-0.3, -0.25) is 14.4 Å². The number of hydrogen-bond acceptors (Lipinski definition) is 6. The second-order valence-corrected chi connectivity index (χ2v) is 15.3. The van der Waals surface area contributed by atoms with E-state index in [1.165, 1.54) is 154 Å². The first kappa shape index (κ1) is 49.4. The lowest BCUT2D eigenvalue weighted by atomic mass is 10.0. The Morgan fingerprint density at radius 2 is 0.529 bits per heavy atom. The standard InChI is InChI=1S/C45H86O6/c1-4-7-10-13-16-18-19-20-21-22-23-24-25-27-30-33-36-39-45(48)51-42(40-49-43(46)37-34-31-28-15-12-9-6-3)41-50-44(47)38-35-32-29-26-17-14-11-8-5-2/h42H,4-41H2,1-3H3/t42-/m0/s1. The summed E-state index contributed by atoms with van der Waals surface area (Å²) in [5, 5.41) is 0. The van der Waals surface area contributed by atoms with Gasteiger partial charge in [0.15, 0.2) is 6.10 Å². The summed E-state index contributed by atoms with van der Waals surface area (Å²) in [6, 6.07) is 0. The van der Waals surface area contributed by atoms with Crippen molar-refractivity contribution < 1.29 is 28.6 Å². The minimum absolute atomic E-state index is 0.0637. The van der Waals surface area contributed by atoms with Crippen molar-refractivity contribution in [3.8, 4) is 0 Å². The highest BCUT2D eigenvalue weighted by Gasteiger charge is 2.19. The Morgan fingerprint density at radius 1 is 0.314 bits per heavy atom. The summed E-state index contributed by atoms with van der Waals surface area (Å²) in [6.45, 7) is 6.59. The van der Waals surface area contributed by atoms with E-state index in [-0.39, 0.29) is 31.1 Å². The summed E-state index contributed by atoms with van der Waals surface area (Å²) >= 11 is 0. The fourth-order valence-electron chi connectivity index (χ4n) is 6.68. The number of carbonyl (C=O) groups is 3. The van der Waals surface area contributed by atoms with Gasteiger partial charge in [-0.05, 0) is 19.3 Å². The van der Waals surface area contributed by atoms with Gasteiger partial charge in [0.05, 0.1) is 0 Å². The van der Waals surface area contributed by atoms with Crippen LogP contribution in [-0.4, -0.2) is 37.2 Å². The van der Waals surface area contributed by atoms with Crippen LogP contribution >= 0.6 is 0 Å². The van der Waals surface area contributed by atoms with Crippen molar-refractivity contribution >= 4 is 17.9 Å². The Balaban J connectivity index is 4.21. The fourth-order valence-corrected chi connectivity index (χ4v) is 6.68. The third-order valence-electron chi connectivity index (χ3n) is 10.1. The Morgan fingerprint density at radius 3 is 0.784 bits per heavy atom. The summed E-state index contributed by atoms with van der Waals surface area (Å²) < 4.78 is 16.6. The van der Waals surface area contributed by atoms with Crippen LogP contribution in [0.15, 0.2) is 0 Å². The second-order valence-electron chi connectivity index (χ2n) is 15.3. The molecule has 0 unspecified atom stereocenters. The molecule has 0 N–H and O–H groups in total. The van der Waals surface area contributed by atoms with Crippen LogP contribution in [0.3, 0.4) is 0 Å². The number of rotatable bonds is 41. The van der Waals surface area contributed by atoms with Gasteiger partial charge in [0.1, 0.15) is 13.2 Å². The maximum atomic E-state index is 12.7. The van der Waals surface area contributed by atoms with Crippen molar-refractivity contribution in [3.63, 3.8) is 0 Å². The number of esters is 3. The van der Waals surface area contributed by atoms with E-state index >= 15 is 0 Å². The maximum Gasteiger partial charge on any atom is 0.306 e. The normalized spacial score (nSPS) is 11.8. The number of ether oxygens (including phenoxy) is 3. The van der Waals surface area contributed by atoms with Gasteiger partial charge in [-0.25, -0.2) is 0 Å². The zero-order chi connectivity index (χ0) is 37.3. The molecule has 0 bridgehead atoms. The first-order valence-corrected chi connectivity index (χ1v) is 22.5. The molecule has 0 fully saturated rings. The van der Waals surface area contributed by atoms with Crippen LogP contribution in [0.5, 0.6) is 0 Å². The molecule has 0 aromatic rings. The molecular formula is C45H86O6. The van der Waals surface area contributed by atoms with Crippen LogP contribution in [0, 0.1) is 0 Å². The van der Waals surface area contributed by atoms with E-state index in [0.29, 0.717) is 19.3 Å². The van der Waals surface area contributed by atoms with E-state index in [4.69, 9.17) is 14.2 Å². The molecule has 0 aromatic heterocycles. The summed E-state index contributed by atoms with van der Waals surface area (Å²) in [6.07, 6.45) is 41.0. The number of carbonyl (C=O) groups excluding carboxylic acids is 3. The molecule has 0 aliphatic heterocycles. The topological polar surface area (TPSA) is 78.9 Å². The lowest BCUT2D eigenvalue weighted by Crippen LogP contribution is -2.30. The summed E-state index contributed by atoms with van der Waals surface area (Å²) in [7, 11) is 0. The van der Waals surface area contributed by atoms with E-state index in [0.717, 1.165) is 57.8 Å². The molecule has 0 aromatic carbocycles. The third-order valence-corrected chi connectivity index (χ3v) is 10.1. The molecule has 0 aliphatic rings. The first-order valence-electron chi connectivity index (χ1n) is 22.5. The second kappa shape index (κ2) is 41.2. The minimum Gasteiger partial charge on any atom is -0.462 e. The molecular weight excluding hydrogens is 636 g/mol.